The molecule has 0 radical (unpaired) electrons. The molecule has 1 aromatic carbocycles. The fraction of sp³-hybridized carbons (Fsp3) is 0.600. The van der Waals surface area contributed by atoms with Gasteiger partial charge in [0, 0.05) is 25.6 Å². The summed E-state index contributed by atoms with van der Waals surface area (Å²) in [5, 5.41) is 15.6. The number of aliphatic imine (C=N–C) groups is 1. The van der Waals surface area contributed by atoms with Crippen LogP contribution in [0.1, 0.15) is 63.9 Å². The van der Waals surface area contributed by atoms with Gasteiger partial charge in [-0.1, -0.05) is 32.1 Å². The molecule has 3 rings (SSSR count). The van der Waals surface area contributed by atoms with Gasteiger partial charge in [0.25, 0.3) is 0 Å². The molecule has 7 nitrogen and oxygen atoms in total. The molecule has 33 heavy (non-hydrogen) atoms. The van der Waals surface area contributed by atoms with Crippen molar-refractivity contribution < 1.29 is 14.0 Å². The van der Waals surface area contributed by atoms with Crippen LogP contribution >= 0.6 is 0 Å². The molecule has 0 bridgehead atoms. The standard InChI is InChI=1S/C25H34FN5O2/c1-18(32)28-23(20-8-10-21(26)11-9-20)29-22(16-19-6-4-3-5-7-19)24(33)30-25(17-27)12-14-31(2)15-13-25/h8-11,19,22H,3-7,12-16H2,1-2H3,(H,30,33)(H,28,29,32). The number of carbonyl (C=O) groups is 2. The Balaban J connectivity index is 1.89. The topological polar surface area (TPSA) is 97.6 Å². The number of rotatable bonds is 6. The Morgan fingerprint density at radius 3 is 2.42 bits per heavy atom. The minimum atomic E-state index is -0.909. The molecule has 8 heteroatoms. The molecule has 1 aliphatic heterocycles. The minimum Gasteiger partial charge on any atom is -0.336 e. The van der Waals surface area contributed by atoms with E-state index in [1.54, 1.807) is 0 Å². The van der Waals surface area contributed by atoms with Crippen molar-refractivity contribution in [1.82, 2.24) is 15.5 Å². The third-order valence-corrected chi connectivity index (χ3v) is 6.70. The summed E-state index contributed by atoms with van der Waals surface area (Å²) in [4.78, 5) is 32.2. The lowest BCUT2D eigenvalue weighted by Gasteiger charge is -2.37. The normalized spacial score (nSPS) is 20.5. The van der Waals surface area contributed by atoms with Crippen molar-refractivity contribution in [2.45, 2.75) is 69.9 Å². The smallest absolute Gasteiger partial charge is 0.246 e. The SMILES string of the molecule is CC(=O)NC(=NC(CC1CCCCC1)C(=O)NC1(C#N)CCN(C)CC1)c1ccc(F)cc1. The second kappa shape index (κ2) is 11.4. The summed E-state index contributed by atoms with van der Waals surface area (Å²) in [5.41, 5.74) is -0.379. The first-order valence-corrected chi connectivity index (χ1v) is 11.8. The van der Waals surface area contributed by atoms with E-state index >= 15 is 0 Å². The van der Waals surface area contributed by atoms with Crippen LogP contribution in [-0.4, -0.2) is 54.3 Å². The first-order valence-electron chi connectivity index (χ1n) is 11.8. The number of nitrogens with zero attached hydrogens (tertiary/aromatic N) is 3. The number of carbonyl (C=O) groups excluding carboxylic acids is 2. The van der Waals surface area contributed by atoms with E-state index in [2.05, 4.69) is 26.6 Å². The van der Waals surface area contributed by atoms with Crippen molar-refractivity contribution in [3.05, 3.63) is 35.6 Å². The fourth-order valence-electron chi connectivity index (χ4n) is 4.65. The molecule has 1 atom stereocenters. The number of hydrogen-bond acceptors (Lipinski definition) is 5. The second-order valence-corrected chi connectivity index (χ2v) is 9.41. The van der Waals surface area contributed by atoms with Gasteiger partial charge in [-0.3, -0.25) is 14.6 Å². The molecule has 1 saturated carbocycles. The molecule has 178 valence electrons. The Morgan fingerprint density at radius 2 is 1.85 bits per heavy atom. The third kappa shape index (κ3) is 7.10. The molecule has 2 amide bonds. The molecule has 1 unspecified atom stereocenters. The summed E-state index contributed by atoms with van der Waals surface area (Å²) in [6.07, 6.45) is 7.22. The van der Waals surface area contributed by atoms with Crippen LogP contribution in [0, 0.1) is 23.1 Å². The highest BCUT2D eigenvalue weighted by Crippen LogP contribution is 2.29. The van der Waals surface area contributed by atoms with Gasteiger partial charge in [0.15, 0.2) is 0 Å². The lowest BCUT2D eigenvalue weighted by atomic mass is 9.84. The predicted octanol–water partition coefficient (Wildman–Crippen LogP) is 3.15. The zero-order chi connectivity index (χ0) is 23.8. The first-order chi connectivity index (χ1) is 15.8. The number of likely N-dealkylation sites (tertiary alicyclic amines) is 1. The largest absolute Gasteiger partial charge is 0.336 e. The van der Waals surface area contributed by atoms with E-state index in [1.165, 1.54) is 37.6 Å². The van der Waals surface area contributed by atoms with Gasteiger partial charge in [0.05, 0.1) is 6.07 Å². The van der Waals surface area contributed by atoms with Gasteiger partial charge in [0.1, 0.15) is 23.2 Å². The Hall–Kier alpha value is -2.79. The molecule has 2 aliphatic rings. The molecular formula is C25H34FN5O2. The van der Waals surface area contributed by atoms with E-state index in [0.717, 1.165) is 38.8 Å². The van der Waals surface area contributed by atoms with Crippen molar-refractivity contribution in [3.8, 4) is 6.07 Å². The number of nitriles is 1. The minimum absolute atomic E-state index is 0.243. The average Bonchev–Trinajstić information content (AvgIpc) is 2.80. The summed E-state index contributed by atoms with van der Waals surface area (Å²) >= 11 is 0. The van der Waals surface area contributed by atoms with Crippen molar-refractivity contribution in [2.24, 2.45) is 10.9 Å². The van der Waals surface area contributed by atoms with Crippen LogP contribution < -0.4 is 10.6 Å². The van der Waals surface area contributed by atoms with Gasteiger partial charge >= 0.3 is 0 Å². The van der Waals surface area contributed by atoms with Crippen LogP contribution in [0.3, 0.4) is 0 Å². The lowest BCUT2D eigenvalue weighted by molar-refractivity contribution is -0.124. The number of halogens is 1. The molecule has 1 saturated heterocycles. The maximum Gasteiger partial charge on any atom is 0.246 e. The van der Waals surface area contributed by atoms with Crippen LogP contribution in [0.25, 0.3) is 0 Å². The van der Waals surface area contributed by atoms with Gasteiger partial charge in [-0.2, -0.15) is 5.26 Å². The third-order valence-electron chi connectivity index (χ3n) is 6.70. The van der Waals surface area contributed by atoms with E-state index in [4.69, 9.17) is 0 Å². The predicted molar refractivity (Wildman–Crippen MR) is 125 cm³/mol. The molecule has 0 aromatic heterocycles. The van der Waals surface area contributed by atoms with Crippen LogP contribution in [0.15, 0.2) is 29.3 Å². The van der Waals surface area contributed by atoms with Crippen molar-refractivity contribution in [3.63, 3.8) is 0 Å². The average molecular weight is 456 g/mol. The van der Waals surface area contributed by atoms with Gasteiger partial charge in [-0.05, 0) is 56.5 Å². The zero-order valence-corrected chi connectivity index (χ0v) is 19.6. The molecule has 0 spiro atoms. The highest BCUT2D eigenvalue weighted by atomic mass is 19.1. The van der Waals surface area contributed by atoms with Gasteiger partial charge in [-0.25, -0.2) is 4.39 Å². The Bertz CT molecular complexity index is 894. The Labute approximate surface area is 195 Å². The highest BCUT2D eigenvalue weighted by Gasteiger charge is 2.37. The summed E-state index contributed by atoms with van der Waals surface area (Å²) in [6, 6.07) is 7.25. The van der Waals surface area contributed by atoms with Crippen LogP contribution in [-0.2, 0) is 9.59 Å². The Morgan fingerprint density at radius 1 is 1.21 bits per heavy atom. The van der Waals surface area contributed by atoms with Crippen molar-refractivity contribution in [2.75, 3.05) is 20.1 Å². The number of amidine groups is 1. The zero-order valence-electron chi connectivity index (χ0n) is 19.6. The highest BCUT2D eigenvalue weighted by molar-refractivity contribution is 6.08. The molecule has 1 heterocycles. The monoisotopic (exact) mass is 455 g/mol. The number of benzene rings is 1. The number of piperidine rings is 1. The van der Waals surface area contributed by atoms with E-state index in [1.807, 2.05) is 7.05 Å². The van der Waals surface area contributed by atoms with E-state index in [-0.39, 0.29) is 17.6 Å². The van der Waals surface area contributed by atoms with Crippen LogP contribution in [0.5, 0.6) is 0 Å². The number of amides is 2. The van der Waals surface area contributed by atoms with E-state index < -0.39 is 17.4 Å². The molecular weight excluding hydrogens is 421 g/mol. The summed E-state index contributed by atoms with van der Waals surface area (Å²) < 4.78 is 13.5. The van der Waals surface area contributed by atoms with Crippen molar-refractivity contribution >= 4 is 17.6 Å². The summed E-state index contributed by atoms with van der Waals surface area (Å²) in [7, 11) is 2.00. The van der Waals surface area contributed by atoms with Crippen molar-refractivity contribution in [1.29, 1.82) is 5.26 Å². The van der Waals surface area contributed by atoms with Gasteiger partial charge in [-0.15, -0.1) is 0 Å². The maximum absolute atomic E-state index is 13.5. The van der Waals surface area contributed by atoms with E-state index in [0.29, 0.717) is 30.7 Å². The summed E-state index contributed by atoms with van der Waals surface area (Å²) in [5.74, 6) is -0.403. The van der Waals surface area contributed by atoms with E-state index in [9.17, 15) is 19.2 Å². The van der Waals surface area contributed by atoms with Crippen LogP contribution in [0.2, 0.25) is 0 Å². The molecule has 1 aromatic rings. The Kier molecular flexibility index (Phi) is 8.56. The fourth-order valence-corrected chi connectivity index (χ4v) is 4.65. The first kappa shape index (κ1) is 24.8. The quantitative estimate of drug-likeness (QED) is 0.509. The number of nitrogens with one attached hydrogen (secondary N) is 2. The molecule has 2 fully saturated rings. The molecule has 2 N–H and O–H groups in total. The van der Waals surface area contributed by atoms with Gasteiger partial charge in [0.2, 0.25) is 11.8 Å². The maximum atomic E-state index is 13.5. The molecule has 1 aliphatic carbocycles. The van der Waals surface area contributed by atoms with Gasteiger partial charge < -0.3 is 15.5 Å². The number of hydrogen-bond donors (Lipinski definition) is 2. The van der Waals surface area contributed by atoms with Crippen LogP contribution in [0.4, 0.5) is 4.39 Å². The summed E-state index contributed by atoms with van der Waals surface area (Å²) in [6.45, 7) is 2.84. The second-order valence-electron chi connectivity index (χ2n) is 9.41. The lowest BCUT2D eigenvalue weighted by Crippen LogP contribution is -2.56.